The zero-order valence-corrected chi connectivity index (χ0v) is 13.5. The van der Waals surface area contributed by atoms with Gasteiger partial charge in [0.2, 0.25) is 0 Å². The van der Waals surface area contributed by atoms with Crippen molar-refractivity contribution in [1.82, 2.24) is 5.32 Å². The molecule has 3 nitrogen and oxygen atoms in total. The van der Waals surface area contributed by atoms with Crippen molar-refractivity contribution in [2.24, 2.45) is 22.2 Å². The molecule has 0 radical (unpaired) electrons. The van der Waals surface area contributed by atoms with Crippen molar-refractivity contribution in [3.05, 3.63) is 35.1 Å². The molecule has 0 bridgehead atoms. The minimum Gasteiger partial charge on any atom is -0.317 e. The third-order valence-electron chi connectivity index (χ3n) is 5.71. The Balaban J connectivity index is 1.86. The van der Waals surface area contributed by atoms with Crippen molar-refractivity contribution in [2.75, 3.05) is 13.1 Å². The number of rotatable bonds is 1. The van der Waals surface area contributed by atoms with Gasteiger partial charge in [0, 0.05) is 23.8 Å². The van der Waals surface area contributed by atoms with E-state index in [0.717, 1.165) is 38.0 Å². The van der Waals surface area contributed by atoms with Crippen LogP contribution in [0.1, 0.15) is 39.5 Å². The Morgan fingerprint density at radius 1 is 1.32 bits per heavy atom. The highest BCUT2D eigenvalue weighted by molar-refractivity contribution is 6.10. The number of fused-ring (bicyclic) bond motifs is 3. The predicted octanol–water partition coefficient (Wildman–Crippen LogP) is 3.20. The van der Waals surface area contributed by atoms with Crippen molar-refractivity contribution in [3.63, 3.8) is 0 Å². The molecule has 0 aromatic rings. The lowest BCUT2D eigenvalue weighted by atomic mass is 9.64. The first-order chi connectivity index (χ1) is 10.6. The first-order valence-electron chi connectivity index (χ1n) is 8.56. The summed E-state index contributed by atoms with van der Waals surface area (Å²) in [4.78, 5) is 17.2. The first-order valence-corrected chi connectivity index (χ1v) is 8.56. The molecule has 1 fully saturated rings. The highest BCUT2D eigenvalue weighted by Gasteiger charge is 2.46. The quantitative estimate of drug-likeness (QED) is 0.755. The van der Waals surface area contributed by atoms with Crippen LogP contribution in [-0.4, -0.2) is 24.6 Å². The number of hydrogen-bond donors (Lipinski definition) is 1. The Hall–Kier alpha value is -1.48. The van der Waals surface area contributed by atoms with Crippen LogP contribution in [0.2, 0.25) is 0 Å². The fourth-order valence-electron chi connectivity index (χ4n) is 4.63. The monoisotopic (exact) mass is 296 g/mol. The number of ketones is 1. The number of aliphatic imine (C=N–C) groups is 1. The van der Waals surface area contributed by atoms with Gasteiger partial charge in [-0.15, -0.1) is 0 Å². The van der Waals surface area contributed by atoms with E-state index in [0.29, 0.717) is 18.3 Å². The normalized spacial score (nSPS) is 29.6. The zero-order chi connectivity index (χ0) is 15.3. The van der Waals surface area contributed by atoms with E-state index >= 15 is 0 Å². The van der Waals surface area contributed by atoms with Crippen LogP contribution in [0.5, 0.6) is 0 Å². The van der Waals surface area contributed by atoms with Gasteiger partial charge in [0.15, 0.2) is 5.78 Å². The van der Waals surface area contributed by atoms with E-state index in [4.69, 9.17) is 4.99 Å². The van der Waals surface area contributed by atoms with Crippen LogP contribution in [0.15, 0.2) is 40.1 Å². The van der Waals surface area contributed by atoms with Crippen LogP contribution < -0.4 is 5.32 Å². The molecule has 3 heteroatoms. The Morgan fingerprint density at radius 3 is 2.82 bits per heavy atom. The van der Waals surface area contributed by atoms with Gasteiger partial charge >= 0.3 is 0 Å². The molecule has 0 aromatic carbocycles. The molecular formula is C19H24N2O. The topological polar surface area (TPSA) is 41.5 Å². The van der Waals surface area contributed by atoms with Crippen LogP contribution in [0.25, 0.3) is 0 Å². The second kappa shape index (κ2) is 5.02. The summed E-state index contributed by atoms with van der Waals surface area (Å²) in [5.74, 6) is 1.21. The number of carbonyl (C=O) groups excluding carboxylic acids is 1. The van der Waals surface area contributed by atoms with Gasteiger partial charge in [-0.3, -0.25) is 9.79 Å². The van der Waals surface area contributed by atoms with Gasteiger partial charge in [-0.1, -0.05) is 26.0 Å². The largest absolute Gasteiger partial charge is 0.317 e. The lowest BCUT2D eigenvalue weighted by molar-refractivity contribution is -0.117. The molecule has 0 amide bonds. The Labute approximate surface area is 132 Å². The van der Waals surface area contributed by atoms with E-state index < -0.39 is 0 Å². The minimum atomic E-state index is 0.0414. The highest BCUT2D eigenvalue weighted by Crippen LogP contribution is 2.52. The maximum absolute atomic E-state index is 12.3. The highest BCUT2D eigenvalue weighted by atomic mass is 16.1. The van der Waals surface area contributed by atoms with Gasteiger partial charge in [0.1, 0.15) is 0 Å². The lowest BCUT2D eigenvalue weighted by Gasteiger charge is -2.41. The number of nitrogens with one attached hydrogen (secondary N) is 1. The fraction of sp³-hybridized carbons (Fsp3) is 0.579. The molecule has 1 unspecified atom stereocenters. The van der Waals surface area contributed by atoms with Crippen LogP contribution in [0, 0.1) is 17.3 Å². The van der Waals surface area contributed by atoms with Crippen molar-refractivity contribution < 1.29 is 4.79 Å². The average Bonchev–Trinajstić information content (AvgIpc) is 2.86. The molecule has 116 valence electrons. The van der Waals surface area contributed by atoms with Crippen molar-refractivity contribution in [3.8, 4) is 0 Å². The molecule has 1 saturated heterocycles. The Bertz CT molecular complexity index is 642. The van der Waals surface area contributed by atoms with Crippen LogP contribution >= 0.6 is 0 Å². The maximum atomic E-state index is 12.3. The van der Waals surface area contributed by atoms with E-state index in [9.17, 15) is 4.79 Å². The summed E-state index contributed by atoms with van der Waals surface area (Å²) >= 11 is 0. The van der Waals surface area contributed by atoms with E-state index in [1.807, 2.05) is 0 Å². The summed E-state index contributed by atoms with van der Waals surface area (Å²) in [6.45, 7) is 6.53. The average molecular weight is 296 g/mol. The molecule has 1 spiro atoms. The predicted molar refractivity (Wildman–Crippen MR) is 88.8 cm³/mol. The molecular weight excluding hydrogens is 272 g/mol. The Morgan fingerprint density at radius 2 is 2.09 bits per heavy atom. The summed E-state index contributed by atoms with van der Waals surface area (Å²) in [7, 11) is 0. The zero-order valence-electron chi connectivity index (χ0n) is 13.5. The van der Waals surface area contributed by atoms with Crippen LogP contribution in [0.3, 0.4) is 0 Å². The number of carbonyl (C=O) groups is 1. The van der Waals surface area contributed by atoms with Gasteiger partial charge < -0.3 is 5.32 Å². The number of allylic oxidation sites excluding steroid dienone is 5. The lowest BCUT2D eigenvalue weighted by Crippen LogP contribution is -2.41. The third-order valence-corrected chi connectivity index (χ3v) is 5.71. The molecule has 2 aliphatic carbocycles. The molecule has 2 heterocycles. The van der Waals surface area contributed by atoms with Gasteiger partial charge in [-0.05, 0) is 49.4 Å². The number of nitrogens with zero attached hydrogens (tertiary/aromatic N) is 1. The molecule has 4 aliphatic rings. The van der Waals surface area contributed by atoms with E-state index in [1.165, 1.54) is 16.9 Å². The summed E-state index contributed by atoms with van der Waals surface area (Å²) in [5.41, 5.74) is 5.11. The first kappa shape index (κ1) is 14.1. The summed E-state index contributed by atoms with van der Waals surface area (Å²) < 4.78 is 0. The molecule has 1 N–H and O–H groups in total. The second-order valence-electron chi connectivity index (χ2n) is 7.46. The minimum absolute atomic E-state index is 0.0414. The van der Waals surface area contributed by atoms with E-state index in [2.05, 4.69) is 31.3 Å². The van der Waals surface area contributed by atoms with Crippen LogP contribution in [0.4, 0.5) is 0 Å². The maximum Gasteiger partial charge on any atom is 0.158 e. The van der Waals surface area contributed by atoms with Crippen LogP contribution in [-0.2, 0) is 4.79 Å². The number of hydrogen-bond acceptors (Lipinski definition) is 3. The smallest absolute Gasteiger partial charge is 0.158 e. The molecule has 0 saturated carbocycles. The molecule has 4 rings (SSSR count). The molecule has 2 aliphatic heterocycles. The van der Waals surface area contributed by atoms with E-state index in [1.54, 1.807) is 6.08 Å². The van der Waals surface area contributed by atoms with Gasteiger partial charge in [0.25, 0.3) is 0 Å². The van der Waals surface area contributed by atoms with Gasteiger partial charge in [-0.2, -0.15) is 0 Å². The SMILES string of the molecule is CC(C)C1C=CCC2=C3C(=CC(=O)CC34CCNCC4)N=C21. The van der Waals surface area contributed by atoms with Crippen molar-refractivity contribution in [2.45, 2.75) is 39.5 Å². The third kappa shape index (κ3) is 1.98. The Kier molecular flexibility index (Phi) is 3.23. The van der Waals surface area contributed by atoms with Gasteiger partial charge in [0.05, 0.1) is 11.4 Å². The van der Waals surface area contributed by atoms with Crippen molar-refractivity contribution >= 4 is 11.5 Å². The van der Waals surface area contributed by atoms with Crippen molar-refractivity contribution in [1.29, 1.82) is 0 Å². The molecule has 22 heavy (non-hydrogen) atoms. The second-order valence-corrected chi connectivity index (χ2v) is 7.46. The van der Waals surface area contributed by atoms with Gasteiger partial charge in [-0.25, -0.2) is 0 Å². The van der Waals surface area contributed by atoms with E-state index in [-0.39, 0.29) is 11.2 Å². The standard InChI is InChI=1S/C19H24N2O/c1-12(2)14-4-3-5-15-17-16(21-18(14)15)10-13(22)11-19(17)6-8-20-9-7-19/h3-4,10,12,14,20H,5-9,11H2,1-2H3. The summed E-state index contributed by atoms with van der Waals surface area (Å²) in [5, 5.41) is 3.45. The molecule has 0 aromatic heterocycles. The summed E-state index contributed by atoms with van der Waals surface area (Å²) in [6, 6.07) is 0. The summed E-state index contributed by atoms with van der Waals surface area (Å²) in [6.07, 6.45) is 10.2. The fourth-order valence-corrected chi connectivity index (χ4v) is 4.63. The molecule has 1 atom stereocenters. The number of piperidine rings is 1.